The number of methoxy groups -OCH3 is 1. The van der Waals surface area contributed by atoms with Crippen molar-refractivity contribution in [2.24, 2.45) is 5.11 Å². The van der Waals surface area contributed by atoms with Gasteiger partial charge in [-0.25, -0.2) is 27.6 Å². The van der Waals surface area contributed by atoms with Crippen LogP contribution in [0, 0.1) is 11.3 Å². The van der Waals surface area contributed by atoms with Crippen molar-refractivity contribution in [1.29, 1.82) is 5.53 Å². The molecule has 14 heteroatoms. The van der Waals surface area contributed by atoms with Gasteiger partial charge in [0.25, 0.3) is 5.92 Å². The third-order valence-electron chi connectivity index (χ3n) is 7.63. The van der Waals surface area contributed by atoms with Crippen LogP contribution in [0.3, 0.4) is 0 Å². The highest BCUT2D eigenvalue weighted by Crippen LogP contribution is 2.42. The lowest BCUT2D eigenvalue weighted by molar-refractivity contribution is -0.0795. The van der Waals surface area contributed by atoms with Gasteiger partial charge in [-0.2, -0.15) is 10.1 Å². The maximum atomic E-state index is 15.4. The first-order valence-electron chi connectivity index (χ1n) is 12.8. The Hall–Kier alpha value is -3.52. The van der Waals surface area contributed by atoms with E-state index >= 15 is 4.39 Å². The largest absolute Gasteiger partial charge is 0.479 e. The minimum atomic E-state index is -2.72. The molecule has 3 aromatic rings. The number of hydrogen-bond donors (Lipinski definition) is 3. The number of likely N-dealkylation sites (tertiary alicyclic amines) is 1. The van der Waals surface area contributed by atoms with Gasteiger partial charge in [-0.3, -0.25) is 4.90 Å². The maximum Gasteiger partial charge on any atom is 0.252 e. The number of piperidine rings is 1. The molecule has 1 saturated carbocycles. The molecule has 2 saturated heterocycles. The Bertz CT molecular complexity index is 1390. The molecule has 2 atom stereocenters. The Morgan fingerprint density at radius 2 is 2.03 bits per heavy atom. The van der Waals surface area contributed by atoms with Gasteiger partial charge in [-0.1, -0.05) is 6.07 Å². The van der Waals surface area contributed by atoms with Crippen molar-refractivity contribution in [3.63, 3.8) is 0 Å². The standard InChI is InChI=1S/C25H28F4N8O2/c1-38-23-22-21(13-2-3-19(34-30)20(6-13)31-14-7-25(28,29)8-14)17(27)10-37(22)35-24(33-23)32-18-4-5-36(9-16(18)26)15-11-39-12-15/h2-3,6,10,14-16,18,30-31H,4-5,7-9,11-12H2,1H3,(H,32,35)/t16-,18+/m1/s1. The number of halogens is 4. The number of nitrogens with zero attached hydrogens (tertiary/aromatic N) is 5. The predicted molar refractivity (Wildman–Crippen MR) is 134 cm³/mol. The summed E-state index contributed by atoms with van der Waals surface area (Å²) in [4.78, 5) is 6.48. The molecule has 2 aliphatic heterocycles. The molecule has 4 heterocycles. The summed E-state index contributed by atoms with van der Waals surface area (Å²) in [7, 11) is 1.39. The van der Waals surface area contributed by atoms with E-state index in [0.29, 0.717) is 37.4 Å². The van der Waals surface area contributed by atoms with Gasteiger partial charge < -0.3 is 20.1 Å². The number of nitrogens with one attached hydrogen (secondary N) is 3. The van der Waals surface area contributed by atoms with E-state index in [9.17, 15) is 13.2 Å². The van der Waals surface area contributed by atoms with Crippen LogP contribution >= 0.6 is 0 Å². The molecule has 1 aliphatic carbocycles. The van der Waals surface area contributed by atoms with Crippen molar-refractivity contribution < 1.29 is 27.0 Å². The molecule has 3 N–H and O–H groups in total. The molecule has 0 unspecified atom stereocenters. The molecule has 2 aromatic heterocycles. The Morgan fingerprint density at radius 1 is 1.23 bits per heavy atom. The zero-order chi connectivity index (χ0) is 27.3. The fourth-order valence-corrected chi connectivity index (χ4v) is 5.41. The number of ether oxygens (including phenoxy) is 2. The van der Waals surface area contributed by atoms with Gasteiger partial charge in [-0.05, 0) is 24.1 Å². The van der Waals surface area contributed by atoms with Crippen LogP contribution in [0.15, 0.2) is 29.5 Å². The van der Waals surface area contributed by atoms with Crippen molar-refractivity contribution in [1.82, 2.24) is 19.5 Å². The summed E-state index contributed by atoms with van der Waals surface area (Å²) in [5.41, 5.74) is 8.79. The molecule has 3 aliphatic rings. The molecule has 3 fully saturated rings. The molecular formula is C25H28F4N8O2. The van der Waals surface area contributed by atoms with Gasteiger partial charge in [-0.15, -0.1) is 5.10 Å². The first-order valence-corrected chi connectivity index (χ1v) is 12.8. The van der Waals surface area contributed by atoms with Crippen molar-refractivity contribution in [3.05, 3.63) is 30.2 Å². The first kappa shape index (κ1) is 25.7. The number of anilines is 2. The molecule has 1 aromatic carbocycles. The van der Waals surface area contributed by atoms with E-state index in [2.05, 4.69) is 30.7 Å². The molecule has 39 heavy (non-hydrogen) atoms. The molecule has 0 radical (unpaired) electrons. The van der Waals surface area contributed by atoms with Gasteiger partial charge in [0.1, 0.15) is 17.4 Å². The third-order valence-corrected chi connectivity index (χ3v) is 7.63. The van der Waals surface area contributed by atoms with E-state index < -0.39 is 30.0 Å². The van der Waals surface area contributed by atoms with Crippen molar-refractivity contribution in [2.45, 2.75) is 49.5 Å². The van der Waals surface area contributed by atoms with Crippen molar-refractivity contribution >= 4 is 22.8 Å². The van der Waals surface area contributed by atoms with Crippen LogP contribution in [-0.2, 0) is 4.74 Å². The van der Waals surface area contributed by atoms with Gasteiger partial charge >= 0.3 is 0 Å². The van der Waals surface area contributed by atoms with E-state index in [-0.39, 0.29) is 54.0 Å². The fraction of sp³-hybridized carbons (Fsp3) is 0.520. The summed E-state index contributed by atoms with van der Waals surface area (Å²) in [6.45, 7) is 2.24. The van der Waals surface area contributed by atoms with Crippen LogP contribution in [0.5, 0.6) is 5.88 Å². The second-order valence-corrected chi connectivity index (χ2v) is 10.3. The van der Waals surface area contributed by atoms with E-state index in [1.807, 2.05) is 0 Å². The van der Waals surface area contributed by atoms with Gasteiger partial charge in [0.15, 0.2) is 5.82 Å². The highest BCUT2D eigenvalue weighted by Gasteiger charge is 2.45. The zero-order valence-corrected chi connectivity index (χ0v) is 21.1. The second-order valence-electron chi connectivity index (χ2n) is 10.3. The summed E-state index contributed by atoms with van der Waals surface area (Å²) >= 11 is 0. The highest BCUT2D eigenvalue weighted by molar-refractivity contribution is 5.88. The van der Waals surface area contributed by atoms with Crippen LogP contribution in [0.1, 0.15) is 19.3 Å². The van der Waals surface area contributed by atoms with E-state index in [1.165, 1.54) is 23.9 Å². The number of rotatable bonds is 8. The monoisotopic (exact) mass is 548 g/mol. The molecule has 0 amide bonds. The van der Waals surface area contributed by atoms with Crippen LogP contribution in [0.2, 0.25) is 0 Å². The van der Waals surface area contributed by atoms with Crippen LogP contribution in [0.4, 0.5) is 34.9 Å². The van der Waals surface area contributed by atoms with Crippen molar-refractivity contribution in [3.8, 4) is 17.0 Å². The van der Waals surface area contributed by atoms with Gasteiger partial charge in [0.05, 0.1) is 49.9 Å². The Labute approximate surface area is 221 Å². The number of benzene rings is 1. The Kier molecular flexibility index (Phi) is 6.53. The van der Waals surface area contributed by atoms with Crippen LogP contribution < -0.4 is 15.4 Å². The van der Waals surface area contributed by atoms with E-state index in [1.54, 1.807) is 12.1 Å². The topological polar surface area (TPSA) is 112 Å². The summed E-state index contributed by atoms with van der Waals surface area (Å²) in [5.74, 6) is -3.16. The summed E-state index contributed by atoms with van der Waals surface area (Å²) in [5, 5.41) is 13.9. The lowest BCUT2D eigenvalue weighted by Gasteiger charge is -2.42. The summed E-state index contributed by atoms with van der Waals surface area (Å²) in [6, 6.07) is 3.91. The number of fused-ring (bicyclic) bond motifs is 1. The molecule has 208 valence electrons. The normalized spacial score (nSPS) is 23.7. The summed E-state index contributed by atoms with van der Waals surface area (Å²) < 4.78 is 69.0. The predicted octanol–water partition coefficient (Wildman–Crippen LogP) is 4.64. The van der Waals surface area contributed by atoms with Crippen LogP contribution in [0.25, 0.3) is 16.6 Å². The SMILES string of the molecule is COc1nc(N[C@H]2CCN(C3COC3)C[C@H]2F)nn2cc(F)c(-c3ccc(N=N)c(NC4CC(F)(F)C4)c3)c12. The fourth-order valence-electron chi connectivity index (χ4n) is 5.41. The van der Waals surface area contributed by atoms with E-state index in [0.717, 1.165) is 0 Å². The van der Waals surface area contributed by atoms with Gasteiger partial charge in [0.2, 0.25) is 11.8 Å². The van der Waals surface area contributed by atoms with Crippen molar-refractivity contribution in [2.75, 3.05) is 44.0 Å². The average molecular weight is 549 g/mol. The highest BCUT2D eigenvalue weighted by atomic mass is 19.3. The average Bonchev–Trinajstić information content (AvgIpc) is 3.18. The smallest absolute Gasteiger partial charge is 0.252 e. The maximum absolute atomic E-state index is 15.4. The quantitative estimate of drug-likeness (QED) is 0.278. The molecule has 0 spiro atoms. The van der Waals surface area contributed by atoms with E-state index in [4.69, 9.17) is 15.0 Å². The number of alkyl halides is 3. The molecule has 6 rings (SSSR count). The molecule has 0 bridgehead atoms. The molecular weight excluding hydrogens is 520 g/mol. The minimum absolute atomic E-state index is 0.0771. The first-order chi connectivity index (χ1) is 18.7. The summed E-state index contributed by atoms with van der Waals surface area (Å²) in [6.07, 6.45) is -0.0894. The number of aromatic nitrogens is 3. The second kappa shape index (κ2) is 9.90. The Morgan fingerprint density at radius 3 is 2.67 bits per heavy atom. The lowest BCUT2D eigenvalue weighted by Crippen LogP contribution is -2.57. The van der Waals surface area contributed by atoms with Gasteiger partial charge in [0, 0.05) is 32.0 Å². The lowest BCUT2D eigenvalue weighted by atomic mass is 9.88. The number of hydrogen-bond acceptors (Lipinski definition) is 9. The minimum Gasteiger partial charge on any atom is -0.479 e. The third kappa shape index (κ3) is 4.86. The molecule has 10 nitrogen and oxygen atoms in total. The van der Waals surface area contributed by atoms with Crippen LogP contribution in [-0.4, -0.2) is 83.1 Å². The zero-order valence-electron chi connectivity index (χ0n) is 21.1. The Balaban J connectivity index is 1.27.